The molecular weight excluding hydrogens is 606 g/mol. The predicted molar refractivity (Wildman–Crippen MR) is 168 cm³/mol. The molecule has 0 saturated carbocycles. The Balaban J connectivity index is 1.47. The molecule has 0 unspecified atom stereocenters. The van der Waals surface area contributed by atoms with Gasteiger partial charge in [0.2, 0.25) is 0 Å². The van der Waals surface area contributed by atoms with Crippen LogP contribution in [0.15, 0.2) is 65.3 Å². The van der Waals surface area contributed by atoms with E-state index in [1.807, 2.05) is 42.6 Å². The van der Waals surface area contributed by atoms with Gasteiger partial charge in [0.05, 0.1) is 23.3 Å². The Labute approximate surface area is 247 Å². The quantitative estimate of drug-likeness (QED) is 0.132. The second-order valence-corrected chi connectivity index (χ2v) is 18.2. The number of amides is 2. The summed E-state index contributed by atoms with van der Waals surface area (Å²) in [5, 5.41) is 4.64. The Morgan fingerprint density at radius 2 is 1.75 bits per heavy atom. The zero-order valence-electron chi connectivity index (χ0n) is 23.1. The minimum absolute atomic E-state index is 0.0325. The summed E-state index contributed by atoms with van der Waals surface area (Å²) in [4.78, 5) is 29.8. The number of fused-ring (bicyclic) bond motifs is 2. The molecule has 2 aromatic carbocycles. The van der Waals surface area contributed by atoms with Crippen molar-refractivity contribution >= 4 is 80.6 Å². The van der Waals surface area contributed by atoms with E-state index >= 15 is 0 Å². The standard InChI is InChI=1S/C31H31BrClN3O3Si/c1-31(2,3)40(4,5)39-19-12-11-18(15-19)36-16-22(20-8-6-7-9-24(20)36)26-27(30(38)35-29(26)37)25-21-14-17(32)10-13-23(21)34-28(25)33/h6-14,16,18-19,34H,15H2,1-5H3,(H,35,37,38)/t18-,19+/m0/s1. The van der Waals surface area contributed by atoms with Gasteiger partial charge in [0, 0.05) is 50.0 Å². The first-order chi connectivity index (χ1) is 18.9. The van der Waals surface area contributed by atoms with Crippen molar-refractivity contribution in [3.63, 3.8) is 0 Å². The van der Waals surface area contributed by atoms with E-state index in [4.69, 9.17) is 16.0 Å². The summed E-state index contributed by atoms with van der Waals surface area (Å²) in [6, 6.07) is 13.8. The number of aromatic amines is 1. The fourth-order valence-electron chi connectivity index (χ4n) is 5.50. The van der Waals surface area contributed by atoms with Crippen molar-refractivity contribution in [1.29, 1.82) is 0 Å². The Kier molecular flexibility index (Phi) is 6.53. The third-order valence-electron chi connectivity index (χ3n) is 8.54. The lowest BCUT2D eigenvalue weighted by molar-refractivity contribution is -0.122. The number of carbonyl (C=O) groups is 2. The lowest BCUT2D eigenvalue weighted by Gasteiger charge is -2.38. The van der Waals surface area contributed by atoms with Crippen LogP contribution in [0.1, 0.15) is 44.4 Å². The summed E-state index contributed by atoms with van der Waals surface area (Å²) in [6.45, 7) is 11.3. The molecule has 40 heavy (non-hydrogen) atoms. The van der Waals surface area contributed by atoms with Gasteiger partial charge in [-0.15, -0.1) is 0 Å². The minimum atomic E-state index is -1.94. The third kappa shape index (κ3) is 4.42. The van der Waals surface area contributed by atoms with E-state index in [2.05, 4.69) is 82.9 Å². The molecule has 9 heteroatoms. The summed E-state index contributed by atoms with van der Waals surface area (Å²) < 4.78 is 9.74. The van der Waals surface area contributed by atoms with Crippen LogP contribution in [0.4, 0.5) is 0 Å². The molecule has 4 aromatic rings. The number of H-pyrrole nitrogens is 1. The van der Waals surface area contributed by atoms with Gasteiger partial charge < -0.3 is 14.0 Å². The molecule has 3 heterocycles. The lowest BCUT2D eigenvalue weighted by atomic mass is 9.95. The molecule has 2 atom stereocenters. The summed E-state index contributed by atoms with van der Waals surface area (Å²) in [7, 11) is -1.94. The first kappa shape index (κ1) is 27.3. The smallest absolute Gasteiger partial charge is 0.259 e. The van der Waals surface area contributed by atoms with Crippen LogP contribution in [0, 0.1) is 0 Å². The van der Waals surface area contributed by atoms with Crippen molar-refractivity contribution in [2.75, 3.05) is 0 Å². The molecule has 0 saturated heterocycles. The molecule has 0 fully saturated rings. The van der Waals surface area contributed by atoms with E-state index in [-0.39, 0.29) is 22.8 Å². The number of nitrogens with one attached hydrogen (secondary N) is 2. The van der Waals surface area contributed by atoms with E-state index in [9.17, 15) is 9.59 Å². The Bertz CT molecular complexity index is 1780. The summed E-state index contributed by atoms with van der Waals surface area (Å²) >= 11 is 10.2. The summed E-state index contributed by atoms with van der Waals surface area (Å²) in [5.41, 5.74) is 3.62. The maximum atomic E-state index is 13.4. The van der Waals surface area contributed by atoms with Crippen molar-refractivity contribution in [3.8, 4) is 0 Å². The molecule has 0 spiro atoms. The number of carbonyl (C=O) groups excluding carboxylic acids is 2. The lowest BCUT2D eigenvalue weighted by Crippen LogP contribution is -2.43. The zero-order chi connectivity index (χ0) is 28.6. The monoisotopic (exact) mass is 635 g/mol. The number of nitrogens with zero attached hydrogens (tertiary/aromatic N) is 1. The Hall–Kier alpha value is -2.91. The van der Waals surface area contributed by atoms with E-state index in [1.54, 1.807) is 0 Å². The molecule has 2 amide bonds. The molecule has 2 aliphatic rings. The highest BCUT2D eigenvalue weighted by atomic mass is 79.9. The fourth-order valence-corrected chi connectivity index (χ4v) is 7.45. The van der Waals surface area contributed by atoms with Crippen molar-refractivity contribution in [2.45, 2.75) is 57.5 Å². The molecule has 2 N–H and O–H groups in total. The predicted octanol–water partition coefficient (Wildman–Crippen LogP) is 8.00. The highest BCUT2D eigenvalue weighted by molar-refractivity contribution is 9.10. The normalized spacial score (nSPS) is 20.0. The number of benzene rings is 2. The van der Waals surface area contributed by atoms with Crippen LogP contribution in [-0.4, -0.2) is 35.8 Å². The fraction of sp³-hybridized carbons (Fsp3) is 0.290. The van der Waals surface area contributed by atoms with Gasteiger partial charge >= 0.3 is 0 Å². The average molecular weight is 637 g/mol. The van der Waals surface area contributed by atoms with E-state index < -0.39 is 20.1 Å². The maximum absolute atomic E-state index is 13.4. The van der Waals surface area contributed by atoms with Crippen molar-refractivity contribution in [1.82, 2.24) is 14.9 Å². The van der Waals surface area contributed by atoms with Crippen LogP contribution in [0.2, 0.25) is 23.3 Å². The van der Waals surface area contributed by atoms with Crippen molar-refractivity contribution < 1.29 is 14.0 Å². The molecular formula is C31H31BrClN3O3Si. The third-order valence-corrected chi connectivity index (χ3v) is 13.8. The highest BCUT2D eigenvalue weighted by Crippen LogP contribution is 2.44. The Morgan fingerprint density at radius 3 is 2.50 bits per heavy atom. The molecule has 2 aromatic heterocycles. The zero-order valence-corrected chi connectivity index (χ0v) is 26.4. The second-order valence-electron chi connectivity index (χ2n) is 12.1. The first-order valence-electron chi connectivity index (χ1n) is 13.4. The topological polar surface area (TPSA) is 76.1 Å². The van der Waals surface area contributed by atoms with E-state index in [0.717, 1.165) is 32.7 Å². The SMILES string of the molecule is CC(C)(C)[Si](C)(C)O[C@@H]1C=C[C@H](n2cc(C3=C(c4c(Cl)[nH]c5ccc(Br)cc45)C(=O)NC3=O)c3ccccc32)C1. The number of halogens is 2. The van der Waals surface area contributed by atoms with Gasteiger partial charge in [0.15, 0.2) is 8.32 Å². The number of rotatable bonds is 5. The molecule has 1 aliphatic carbocycles. The molecule has 1 aliphatic heterocycles. The second kappa shape index (κ2) is 9.58. The van der Waals surface area contributed by atoms with Crippen LogP contribution < -0.4 is 5.32 Å². The van der Waals surface area contributed by atoms with Crippen LogP contribution in [0.5, 0.6) is 0 Å². The van der Waals surface area contributed by atoms with Crippen LogP contribution in [0.25, 0.3) is 33.0 Å². The number of hydrogen-bond donors (Lipinski definition) is 2. The van der Waals surface area contributed by atoms with Gasteiger partial charge in [-0.25, -0.2) is 0 Å². The molecule has 206 valence electrons. The first-order valence-corrected chi connectivity index (χ1v) is 17.5. The molecule has 6 rings (SSSR count). The van der Waals surface area contributed by atoms with Gasteiger partial charge in [0.1, 0.15) is 5.15 Å². The van der Waals surface area contributed by atoms with Crippen LogP contribution >= 0.6 is 27.5 Å². The summed E-state index contributed by atoms with van der Waals surface area (Å²) in [5.74, 6) is -0.882. The largest absolute Gasteiger partial charge is 0.410 e. The molecule has 0 radical (unpaired) electrons. The van der Waals surface area contributed by atoms with Crippen molar-refractivity contribution in [2.24, 2.45) is 0 Å². The Morgan fingerprint density at radius 1 is 1.02 bits per heavy atom. The van der Waals surface area contributed by atoms with E-state index in [1.165, 1.54) is 0 Å². The average Bonchev–Trinajstić information content (AvgIpc) is 3.61. The van der Waals surface area contributed by atoms with Crippen LogP contribution in [-0.2, 0) is 14.0 Å². The molecule has 0 bridgehead atoms. The summed E-state index contributed by atoms with van der Waals surface area (Å²) in [6.07, 6.45) is 7.20. The van der Waals surface area contributed by atoms with Crippen LogP contribution in [0.3, 0.4) is 0 Å². The van der Waals surface area contributed by atoms with Crippen molar-refractivity contribution in [3.05, 3.63) is 81.6 Å². The van der Waals surface area contributed by atoms with Gasteiger partial charge in [-0.3, -0.25) is 14.9 Å². The number of hydrogen-bond acceptors (Lipinski definition) is 3. The molecule has 6 nitrogen and oxygen atoms in total. The van der Waals surface area contributed by atoms with Gasteiger partial charge in [0.25, 0.3) is 11.8 Å². The number of para-hydroxylation sites is 1. The number of allylic oxidation sites excluding steroid dienone is 1. The van der Waals surface area contributed by atoms with E-state index in [0.29, 0.717) is 21.9 Å². The van der Waals surface area contributed by atoms with Gasteiger partial charge in [-0.2, -0.15) is 0 Å². The maximum Gasteiger partial charge on any atom is 0.259 e. The van der Waals surface area contributed by atoms with Gasteiger partial charge in [-0.05, 0) is 42.4 Å². The highest BCUT2D eigenvalue weighted by Gasteiger charge is 2.40. The number of aromatic nitrogens is 2. The number of imide groups is 1. The minimum Gasteiger partial charge on any atom is -0.410 e. The van der Waals surface area contributed by atoms with Gasteiger partial charge in [-0.1, -0.05) is 78.7 Å².